The minimum atomic E-state index is -0.177. The smallest absolute Gasteiger partial charge is 0.268 e. The van der Waals surface area contributed by atoms with Crippen molar-refractivity contribution in [2.75, 3.05) is 0 Å². The molecule has 0 spiro atoms. The van der Waals surface area contributed by atoms with E-state index >= 15 is 0 Å². The molecule has 0 aliphatic rings. The summed E-state index contributed by atoms with van der Waals surface area (Å²) in [4.78, 5) is 22.5. The largest absolute Gasteiger partial charge is 0.270 e. The maximum Gasteiger partial charge on any atom is 0.270 e. The molecule has 0 aliphatic heterocycles. The van der Waals surface area contributed by atoms with Crippen LogP contribution in [-0.4, -0.2) is 4.40 Å². The molecule has 2 bridgehead atoms. The summed E-state index contributed by atoms with van der Waals surface area (Å²) < 4.78 is 1.21. The van der Waals surface area contributed by atoms with Crippen molar-refractivity contribution in [3.05, 3.63) is 51.0 Å². The van der Waals surface area contributed by atoms with E-state index in [1.54, 1.807) is 12.1 Å². The zero-order valence-electron chi connectivity index (χ0n) is 6.65. The molecule has 0 amide bonds. The molecule has 0 fully saturated rings. The molecule has 3 nitrogen and oxygen atoms in total. The molecule has 13 heavy (non-hydrogen) atoms. The molecular weight excluding hydrogens is 166 g/mol. The van der Waals surface area contributed by atoms with Gasteiger partial charge < -0.3 is 0 Å². The highest BCUT2D eigenvalue weighted by Crippen LogP contribution is 2.12. The Hall–Kier alpha value is -1.90. The van der Waals surface area contributed by atoms with Crippen molar-refractivity contribution >= 4 is 16.3 Å². The molecule has 0 saturated carbocycles. The van der Waals surface area contributed by atoms with Crippen LogP contribution in [0.1, 0.15) is 0 Å². The van der Waals surface area contributed by atoms with Gasteiger partial charge in [0.1, 0.15) is 5.39 Å². The first-order valence-electron chi connectivity index (χ1n) is 3.98. The maximum atomic E-state index is 11.3. The van der Waals surface area contributed by atoms with Gasteiger partial charge in [0, 0.05) is 0 Å². The summed E-state index contributed by atoms with van der Waals surface area (Å²) in [5, 5.41) is 1.25. The van der Waals surface area contributed by atoms with E-state index in [0.29, 0.717) is 10.9 Å². The molecule has 0 N–H and O–H groups in total. The summed E-state index contributed by atoms with van der Waals surface area (Å²) >= 11 is 0. The second-order valence-corrected chi connectivity index (χ2v) is 3.06. The summed E-state index contributed by atoms with van der Waals surface area (Å²) in [5.74, 6) is 0. The van der Waals surface area contributed by atoms with Gasteiger partial charge in [-0.3, -0.25) is 9.59 Å². The van der Waals surface area contributed by atoms with Crippen LogP contribution in [0.15, 0.2) is 39.9 Å². The quantitative estimate of drug-likeness (QED) is 0.499. The normalized spacial score (nSPS) is 11.7. The summed E-state index contributed by atoms with van der Waals surface area (Å²) in [6.45, 7) is 0. The number of hydrogen-bond acceptors (Lipinski definition) is 2. The Morgan fingerprint density at radius 1 is 1.00 bits per heavy atom. The highest BCUT2D eigenvalue weighted by molar-refractivity contribution is 5.86. The summed E-state index contributed by atoms with van der Waals surface area (Å²) in [7, 11) is 0. The molecule has 62 valence electrons. The van der Waals surface area contributed by atoms with Gasteiger partial charge in [-0.2, -0.15) is 0 Å². The molecule has 4 rings (SSSR count). The monoisotopic (exact) mass is 171 g/mol. The molecule has 0 saturated heterocycles. The van der Waals surface area contributed by atoms with Gasteiger partial charge >= 0.3 is 0 Å². The van der Waals surface area contributed by atoms with Gasteiger partial charge in [-0.15, -0.1) is 0 Å². The molecule has 0 radical (unpaired) electrons. The predicted octanol–water partition coefficient (Wildman–Crippen LogP) is 0.688. The molecule has 0 atom stereocenters. The number of para-hydroxylation sites is 1. The van der Waals surface area contributed by atoms with Gasteiger partial charge in [0.05, 0.1) is 5.52 Å². The number of rotatable bonds is 0. The molecule has 3 aromatic heterocycles. The van der Waals surface area contributed by atoms with Gasteiger partial charge in [0.25, 0.3) is 11.1 Å². The van der Waals surface area contributed by atoms with Gasteiger partial charge in [-0.1, -0.05) is 18.2 Å². The second-order valence-electron chi connectivity index (χ2n) is 3.06. The van der Waals surface area contributed by atoms with Gasteiger partial charge in [-0.05, 0) is 17.5 Å². The minimum absolute atomic E-state index is 0.177. The number of benzene rings is 1. The fourth-order valence-corrected chi connectivity index (χ4v) is 1.68. The van der Waals surface area contributed by atoms with Crippen LogP contribution in [0.25, 0.3) is 16.3 Å². The maximum absolute atomic E-state index is 11.3. The van der Waals surface area contributed by atoms with Crippen molar-refractivity contribution in [2.45, 2.75) is 0 Å². The Bertz CT molecular complexity index is 655. The molecule has 3 heteroatoms. The first-order chi connectivity index (χ1) is 6.29. The van der Waals surface area contributed by atoms with Crippen LogP contribution in [-0.2, 0) is 0 Å². The fraction of sp³-hybridized carbons (Fsp3) is 0. The van der Waals surface area contributed by atoms with Crippen LogP contribution >= 0.6 is 0 Å². The lowest BCUT2D eigenvalue weighted by Crippen LogP contribution is -2.37. The number of nitrogens with zero attached hydrogens (tertiary/aromatic N) is 1. The van der Waals surface area contributed by atoms with Crippen LogP contribution in [0, 0.1) is 0 Å². The fourth-order valence-electron chi connectivity index (χ4n) is 1.68. The summed E-state index contributed by atoms with van der Waals surface area (Å²) in [6.07, 6.45) is 0. The molecule has 0 aliphatic carbocycles. The highest BCUT2D eigenvalue weighted by atomic mass is 16.2. The molecular formula is C10H5NO2. The van der Waals surface area contributed by atoms with E-state index in [9.17, 15) is 9.59 Å². The van der Waals surface area contributed by atoms with Gasteiger partial charge in [0.15, 0.2) is 0 Å². The predicted molar refractivity (Wildman–Crippen MR) is 49.8 cm³/mol. The van der Waals surface area contributed by atoms with Crippen LogP contribution in [0.4, 0.5) is 0 Å². The van der Waals surface area contributed by atoms with Gasteiger partial charge in [-0.25, -0.2) is 4.40 Å². The Morgan fingerprint density at radius 2 is 1.69 bits per heavy atom. The first-order valence-corrected chi connectivity index (χ1v) is 3.98. The lowest BCUT2D eigenvalue weighted by Gasteiger charge is -2.06. The minimum Gasteiger partial charge on any atom is -0.268 e. The standard InChI is InChI=1S/C10H5NO2/c12-9-7-5-6-3-1-2-4-8(6)11(9)10(7)13/h1-5H. The third-order valence-electron chi connectivity index (χ3n) is 2.34. The van der Waals surface area contributed by atoms with Crippen molar-refractivity contribution in [1.29, 1.82) is 0 Å². The van der Waals surface area contributed by atoms with Crippen molar-refractivity contribution in [1.82, 2.24) is 4.40 Å². The van der Waals surface area contributed by atoms with E-state index in [0.717, 1.165) is 5.39 Å². The van der Waals surface area contributed by atoms with E-state index in [2.05, 4.69) is 0 Å². The van der Waals surface area contributed by atoms with Crippen molar-refractivity contribution in [2.24, 2.45) is 0 Å². The molecule has 1 aromatic carbocycles. The van der Waals surface area contributed by atoms with Crippen molar-refractivity contribution in [3.8, 4) is 0 Å². The average molecular weight is 171 g/mol. The van der Waals surface area contributed by atoms with Crippen LogP contribution in [0.2, 0.25) is 0 Å². The van der Waals surface area contributed by atoms with E-state index in [1.807, 2.05) is 18.2 Å². The van der Waals surface area contributed by atoms with Crippen molar-refractivity contribution in [3.63, 3.8) is 0 Å². The molecule has 3 heterocycles. The number of hydrogen-bond donors (Lipinski definition) is 0. The Morgan fingerprint density at radius 3 is 2.46 bits per heavy atom. The topological polar surface area (TPSA) is 38.5 Å². The Kier molecular flexibility index (Phi) is 0.953. The lowest BCUT2D eigenvalue weighted by molar-refractivity contribution is 1.02. The van der Waals surface area contributed by atoms with E-state index in [-0.39, 0.29) is 11.1 Å². The Labute approximate surface area is 72.5 Å². The van der Waals surface area contributed by atoms with E-state index in [1.165, 1.54) is 4.40 Å². The van der Waals surface area contributed by atoms with E-state index in [4.69, 9.17) is 0 Å². The Balaban J connectivity index is 2.78. The van der Waals surface area contributed by atoms with E-state index < -0.39 is 0 Å². The zero-order valence-corrected chi connectivity index (χ0v) is 6.65. The van der Waals surface area contributed by atoms with Crippen LogP contribution in [0.3, 0.4) is 0 Å². The van der Waals surface area contributed by atoms with Gasteiger partial charge in [0.2, 0.25) is 0 Å². The molecule has 4 aromatic rings. The lowest BCUT2D eigenvalue weighted by atomic mass is 10.1. The first kappa shape index (κ1) is 6.60. The third-order valence-corrected chi connectivity index (χ3v) is 2.34. The third kappa shape index (κ3) is 0.605. The average Bonchev–Trinajstić information content (AvgIpc) is 2.18. The summed E-state index contributed by atoms with van der Waals surface area (Å²) in [6, 6.07) is 9.02. The number of aromatic nitrogens is 1. The highest BCUT2D eigenvalue weighted by Gasteiger charge is 2.14. The number of pyridine rings is 2. The second kappa shape index (κ2) is 1.88. The van der Waals surface area contributed by atoms with Crippen LogP contribution < -0.4 is 11.1 Å². The SMILES string of the molecule is O=c1c2cc3ccccc3n1c2=O. The molecule has 0 unspecified atom stereocenters. The zero-order chi connectivity index (χ0) is 9.00. The van der Waals surface area contributed by atoms with Crippen molar-refractivity contribution < 1.29 is 0 Å². The summed E-state index contributed by atoms with van der Waals surface area (Å²) in [5.41, 5.74) is 0.347. The van der Waals surface area contributed by atoms with Crippen LogP contribution in [0.5, 0.6) is 0 Å².